The second kappa shape index (κ2) is 6.11. The lowest BCUT2D eigenvalue weighted by molar-refractivity contribution is -0.142. The minimum Gasteiger partial charge on any atom is -0.481 e. The Bertz CT molecular complexity index is 203. The summed E-state index contributed by atoms with van der Waals surface area (Å²) in [6, 6.07) is 0. The Labute approximate surface area is 91.5 Å². The van der Waals surface area contributed by atoms with Crippen LogP contribution in [0, 0.1) is 11.8 Å². The molecule has 0 aromatic rings. The summed E-state index contributed by atoms with van der Waals surface area (Å²) >= 11 is 0. The van der Waals surface area contributed by atoms with Crippen LogP contribution in [0.25, 0.3) is 0 Å². The molecule has 1 aliphatic rings. The highest BCUT2D eigenvalue weighted by Gasteiger charge is 2.22. The van der Waals surface area contributed by atoms with Crippen LogP contribution in [0.1, 0.15) is 51.9 Å². The van der Waals surface area contributed by atoms with Crippen molar-refractivity contribution in [1.82, 2.24) is 0 Å². The SMILES string of the molecule is CCC(CC[C@H]1CCC[C@@H](O)C1)C(=O)O. The van der Waals surface area contributed by atoms with Crippen LogP contribution in [0.15, 0.2) is 0 Å². The van der Waals surface area contributed by atoms with Gasteiger partial charge in [-0.15, -0.1) is 0 Å². The van der Waals surface area contributed by atoms with Crippen molar-refractivity contribution in [2.75, 3.05) is 0 Å². The summed E-state index contributed by atoms with van der Waals surface area (Å²) in [5.74, 6) is -0.319. The second-order valence-electron chi connectivity index (χ2n) is 4.71. The molecule has 15 heavy (non-hydrogen) atoms. The van der Waals surface area contributed by atoms with E-state index in [4.69, 9.17) is 5.11 Å². The van der Waals surface area contributed by atoms with E-state index in [1.807, 2.05) is 6.92 Å². The van der Waals surface area contributed by atoms with Crippen LogP contribution in [0.4, 0.5) is 0 Å². The Kier molecular flexibility index (Phi) is 5.09. The molecule has 0 aromatic carbocycles. The van der Waals surface area contributed by atoms with Gasteiger partial charge in [-0.25, -0.2) is 0 Å². The van der Waals surface area contributed by atoms with Crippen molar-refractivity contribution in [1.29, 1.82) is 0 Å². The maximum atomic E-state index is 10.8. The molecule has 1 aliphatic carbocycles. The first-order valence-electron chi connectivity index (χ1n) is 6.04. The van der Waals surface area contributed by atoms with Gasteiger partial charge in [0.05, 0.1) is 12.0 Å². The highest BCUT2D eigenvalue weighted by Crippen LogP contribution is 2.29. The predicted octanol–water partition coefficient (Wildman–Crippen LogP) is 2.43. The minimum atomic E-state index is -0.672. The average molecular weight is 214 g/mol. The van der Waals surface area contributed by atoms with Gasteiger partial charge in [0.1, 0.15) is 0 Å². The lowest BCUT2D eigenvalue weighted by atomic mass is 9.82. The van der Waals surface area contributed by atoms with Crippen molar-refractivity contribution in [2.24, 2.45) is 11.8 Å². The standard InChI is InChI=1S/C12H22O3/c1-2-10(12(14)15)7-6-9-4-3-5-11(13)8-9/h9-11,13H,2-8H2,1H3,(H,14,15)/t9-,10?,11-/m1/s1. The van der Waals surface area contributed by atoms with E-state index >= 15 is 0 Å². The summed E-state index contributed by atoms with van der Waals surface area (Å²) in [6.45, 7) is 1.93. The average Bonchev–Trinajstić information content (AvgIpc) is 2.18. The van der Waals surface area contributed by atoms with Gasteiger partial charge in [0.15, 0.2) is 0 Å². The Balaban J connectivity index is 2.26. The van der Waals surface area contributed by atoms with E-state index < -0.39 is 5.97 Å². The number of aliphatic carboxylic acids is 1. The minimum absolute atomic E-state index is 0.145. The fourth-order valence-electron chi connectivity index (χ4n) is 2.46. The van der Waals surface area contributed by atoms with Crippen molar-refractivity contribution in [2.45, 2.75) is 58.0 Å². The summed E-state index contributed by atoms with van der Waals surface area (Å²) in [7, 11) is 0. The van der Waals surface area contributed by atoms with Gasteiger partial charge in [-0.2, -0.15) is 0 Å². The number of aliphatic hydroxyl groups excluding tert-OH is 1. The third-order valence-corrected chi connectivity index (χ3v) is 3.52. The highest BCUT2D eigenvalue weighted by atomic mass is 16.4. The van der Waals surface area contributed by atoms with Crippen molar-refractivity contribution in [3.05, 3.63) is 0 Å². The normalized spacial score (nSPS) is 28.7. The first kappa shape index (κ1) is 12.5. The van der Waals surface area contributed by atoms with Gasteiger partial charge in [-0.1, -0.05) is 19.8 Å². The molecule has 0 saturated heterocycles. The lowest BCUT2D eigenvalue weighted by Gasteiger charge is -2.26. The summed E-state index contributed by atoms with van der Waals surface area (Å²) in [5, 5.41) is 18.4. The van der Waals surface area contributed by atoms with Crippen molar-refractivity contribution >= 4 is 5.97 Å². The third kappa shape index (κ3) is 4.20. The number of hydrogen-bond acceptors (Lipinski definition) is 2. The topological polar surface area (TPSA) is 57.5 Å². The van der Waals surface area contributed by atoms with E-state index in [0.29, 0.717) is 12.3 Å². The molecule has 0 radical (unpaired) electrons. The van der Waals surface area contributed by atoms with Gasteiger partial charge in [0, 0.05) is 0 Å². The Morgan fingerprint density at radius 1 is 1.47 bits per heavy atom. The van der Waals surface area contributed by atoms with Crippen LogP contribution in [0.2, 0.25) is 0 Å². The zero-order chi connectivity index (χ0) is 11.3. The third-order valence-electron chi connectivity index (χ3n) is 3.52. The van der Waals surface area contributed by atoms with Crippen molar-refractivity contribution in [3.8, 4) is 0 Å². The molecule has 3 heteroatoms. The monoisotopic (exact) mass is 214 g/mol. The Hall–Kier alpha value is -0.570. The van der Waals surface area contributed by atoms with Crippen LogP contribution >= 0.6 is 0 Å². The first-order chi connectivity index (χ1) is 7.13. The van der Waals surface area contributed by atoms with E-state index in [9.17, 15) is 9.90 Å². The summed E-state index contributed by atoms with van der Waals surface area (Å²) in [5.41, 5.74) is 0. The quantitative estimate of drug-likeness (QED) is 0.739. The second-order valence-corrected chi connectivity index (χ2v) is 4.71. The maximum Gasteiger partial charge on any atom is 0.306 e. The van der Waals surface area contributed by atoms with E-state index in [0.717, 1.165) is 38.5 Å². The molecule has 0 heterocycles. The molecule has 0 spiro atoms. The smallest absolute Gasteiger partial charge is 0.306 e. The predicted molar refractivity (Wildman–Crippen MR) is 58.6 cm³/mol. The van der Waals surface area contributed by atoms with Gasteiger partial charge in [-0.3, -0.25) is 4.79 Å². The number of aliphatic hydroxyl groups is 1. The molecule has 1 rings (SSSR count). The van der Waals surface area contributed by atoms with Crippen molar-refractivity contribution < 1.29 is 15.0 Å². The van der Waals surface area contributed by atoms with Gasteiger partial charge < -0.3 is 10.2 Å². The highest BCUT2D eigenvalue weighted by molar-refractivity contribution is 5.69. The molecular weight excluding hydrogens is 192 g/mol. The molecule has 0 bridgehead atoms. The van der Waals surface area contributed by atoms with Gasteiger partial charge in [0.2, 0.25) is 0 Å². The van der Waals surface area contributed by atoms with Gasteiger partial charge in [-0.05, 0) is 38.0 Å². The van der Waals surface area contributed by atoms with Gasteiger partial charge in [0.25, 0.3) is 0 Å². The van der Waals surface area contributed by atoms with Crippen molar-refractivity contribution in [3.63, 3.8) is 0 Å². The molecule has 0 aromatic heterocycles. The molecule has 88 valence electrons. The molecule has 3 nitrogen and oxygen atoms in total. The van der Waals surface area contributed by atoms with Gasteiger partial charge >= 0.3 is 5.97 Å². The molecule has 1 unspecified atom stereocenters. The Morgan fingerprint density at radius 3 is 2.73 bits per heavy atom. The maximum absolute atomic E-state index is 10.8. The largest absolute Gasteiger partial charge is 0.481 e. The molecule has 0 amide bonds. The molecule has 0 aliphatic heterocycles. The summed E-state index contributed by atoms with van der Waals surface area (Å²) in [6.07, 6.45) is 6.34. The number of carboxylic acid groups (broad SMARTS) is 1. The van der Waals surface area contributed by atoms with Crippen LogP contribution < -0.4 is 0 Å². The van der Waals surface area contributed by atoms with E-state index in [1.165, 1.54) is 0 Å². The molecule has 1 fully saturated rings. The molecule has 2 N–H and O–H groups in total. The zero-order valence-corrected chi connectivity index (χ0v) is 9.48. The fraction of sp³-hybridized carbons (Fsp3) is 0.917. The number of carboxylic acids is 1. The zero-order valence-electron chi connectivity index (χ0n) is 9.48. The van der Waals surface area contributed by atoms with E-state index in [-0.39, 0.29) is 12.0 Å². The molecule has 3 atom stereocenters. The number of hydrogen-bond donors (Lipinski definition) is 2. The number of carbonyl (C=O) groups is 1. The van der Waals surface area contributed by atoms with E-state index in [1.54, 1.807) is 0 Å². The van der Waals surface area contributed by atoms with Crippen LogP contribution in [0.5, 0.6) is 0 Å². The van der Waals surface area contributed by atoms with Crippen LogP contribution in [0.3, 0.4) is 0 Å². The van der Waals surface area contributed by atoms with Crippen LogP contribution in [-0.4, -0.2) is 22.3 Å². The number of rotatable bonds is 5. The summed E-state index contributed by atoms with van der Waals surface area (Å²) < 4.78 is 0. The molecule has 1 saturated carbocycles. The lowest BCUT2D eigenvalue weighted by Crippen LogP contribution is -2.21. The fourth-order valence-corrected chi connectivity index (χ4v) is 2.46. The Morgan fingerprint density at radius 2 is 2.20 bits per heavy atom. The van der Waals surface area contributed by atoms with Crippen LogP contribution in [-0.2, 0) is 4.79 Å². The molecular formula is C12H22O3. The first-order valence-corrected chi connectivity index (χ1v) is 6.04. The van der Waals surface area contributed by atoms with E-state index in [2.05, 4.69) is 0 Å². The summed E-state index contributed by atoms with van der Waals surface area (Å²) in [4.78, 5) is 10.8.